The van der Waals surface area contributed by atoms with E-state index < -0.39 is 0 Å². The SMILES string of the molecule is CCOC(=O)N1c2cc(C)c(C)cc2N(C(=O)c2ccc(-c3ccc(OC)cc3)s2)CC1CC. The Morgan fingerprint density at radius 1 is 1.00 bits per heavy atom. The molecule has 0 radical (unpaired) electrons. The fourth-order valence-electron chi connectivity index (χ4n) is 4.22. The van der Waals surface area contributed by atoms with E-state index in [0.717, 1.165) is 38.7 Å². The standard InChI is InChI=1S/C27H30N2O4S/c1-6-20-16-28(22-14-17(3)18(4)15-23(22)29(20)27(31)33-7-2)26(30)25-13-12-24(34-25)19-8-10-21(32-5)11-9-19/h8-15,20H,6-7,16H2,1-5H3. The van der Waals surface area contributed by atoms with Gasteiger partial charge in [-0.3, -0.25) is 9.69 Å². The number of rotatable bonds is 5. The minimum absolute atomic E-state index is 0.0591. The van der Waals surface area contributed by atoms with Crippen molar-refractivity contribution in [1.82, 2.24) is 0 Å². The van der Waals surface area contributed by atoms with Gasteiger partial charge in [-0.15, -0.1) is 11.3 Å². The number of hydrogen-bond donors (Lipinski definition) is 0. The third-order valence-electron chi connectivity index (χ3n) is 6.27. The van der Waals surface area contributed by atoms with Gasteiger partial charge in [-0.25, -0.2) is 4.79 Å². The molecule has 2 heterocycles. The molecule has 4 rings (SSSR count). The lowest BCUT2D eigenvalue weighted by Crippen LogP contribution is -2.53. The van der Waals surface area contributed by atoms with Gasteiger partial charge in [0.1, 0.15) is 5.75 Å². The zero-order valence-electron chi connectivity index (χ0n) is 20.3. The first-order chi connectivity index (χ1) is 16.4. The van der Waals surface area contributed by atoms with E-state index in [9.17, 15) is 9.59 Å². The summed E-state index contributed by atoms with van der Waals surface area (Å²) < 4.78 is 10.6. The van der Waals surface area contributed by atoms with Crippen molar-refractivity contribution in [2.75, 3.05) is 30.1 Å². The number of amides is 2. The fourth-order valence-corrected chi connectivity index (χ4v) is 5.18. The van der Waals surface area contributed by atoms with E-state index in [-0.39, 0.29) is 18.0 Å². The molecule has 0 spiro atoms. The van der Waals surface area contributed by atoms with Gasteiger partial charge in [0.05, 0.1) is 36.0 Å². The van der Waals surface area contributed by atoms with Crippen molar-refractivity contribution in [1.29, 1.82) is 0 Å². The molecule has 0 saturated carbocycles. The van der Waals surface area contributed by atoms with Crippen LogP contribution in [0.25, 0.3) is 10.4 Å². The Morgan fingerprint density at radius 2 is 1.68 bits per heavy atom. The third-order valence-corrected chi connectivity index (χ3v) is 7.39. The van der Waals surface area contributed by atoms with Crippen LogP contribution in [0.4, 0.5) is 16.2 Å². The van der Waals surface area contributed by atoms with Gasteiger partial charge in [0.15, 0.2) is 0 Å². The van der Waals surface area contributed by atoms with E-state index in [1.165, 1.54) is 11.3 Å². The maximum atomic E-state index is 13.7. The molecule has 0 bridgehead atoms. The maximum absolute atomic E-state index is 13.7. The summed E-state index contributed by atoms with van der Waals surface area (Å²) >= 11 is 1.47. The van der Waals surface area contributed by atoms with Crippen LogP contribution >= 0.6 is 11.3 Å². The highest BCUT2D eigenvalue weighted by Crippen LogP contribution is 2.40. The van der Waals surface area contributed by atoms with Crippen molar-refractivity contribution in [3.8, 4) is 16.2 Å². The average Bonchev–Trinajstić information content (AvgIpc) is 3.34. The number of anilines is 2. The lowest BCUT2D eigenvalue weighted by atomic mass is 10.0. The van der Waals surface area contributed by atoms with Crippen molar-refractivity contribution in [2.45, 2.75) is 40.2 Å². The second-order valence-electron chi connectivity index (χ2n) is 8.36. The van der Waals surface area contributed by atoms with E-state index in [1.54, 1.807) is 18.9 Å². The molecule has 6 nitrogen and oxygen atoms in total. The van der Waals surface area contributed by atoms with Crippen LogP contribution in [0.15, 0.2) is 48.5 Å². The number of methoxy groups -OCH3 is 1. The lowest BCUT2D eigenvalue weighted by molar-refractivity contribution is 0.0985. The average molecular weight is 479 g/mol. The van der Waals surface area contributed by atoms with Gasteiger partial charge < -0.3 is 14.4 Å². The molecule has 178 valence electrons. The molecule has 1 atom stereocenters. The van der Waals surface area contributed by atoms with Crippen LogP contribution < -0.4 is 14.5 Å². The van der Waals surface area contributed by atoms with Gasteiger partial charge in [0, 0.05) is 11.4 Å². The van der Waals surface area contributed by atoms with Gasteiger partial charge >= 0.3 is 6.09 Å². The van der Waals surface area contributed by atoms with Crippen LogP contribution in [0.2, 0.25) is 0 Å². The summed E-state index contributed by atoms with van der Waals surface area (Å²) in [6.07, 6.45) is 0.333. The monoisotopic (exact) mass is 478 g/mol. The summed E-state index contributed by atoms with van der Waals surface area (Å²) in [5.41, 5.74) is 4.64. The van der Waals surface area contributed by atoms with Crippen molar-refractivity contribution < 1.29 is 19.1 Å². The molecule has 1 unspecified atom stereocenters. The Kier molecular flexibility index (Phi) is 6.93. The van der Waals surface area contributed by atoms with Crippen LogP contribution in [-0.4, -0.2) is 38.3 Å². The molecular weight excluding hydrogens is 448 g/mol. The Hall–Kier alpha value is -3.32. The van der Waals surface area contributed by atoms with Crippen molar-refractivity contribution in [3.63, 3.8) is 0 Å². The van der Waals surface area contributed by atoms with E-state index in [1.807, 2.05) is 74.2 Å². The predicted octanol–water partition coefficient (Wildman–Crippen LogP) is 6.44. The molecule has 2 amide bonds. The summed E-state index contributed by atoms with van der Waals surface area (Å²) in [6, 6.07) is 15.5. The van der Waals surface area contributed by atoms with Crippen molar-refractivity contribution in [2.24, 2.45) is 0 Å². The second kappa shape index (κ2) is 9.89. The van der Waals surface area contributed by atoms with E-state index in [0.29, 0.717) is 24.4 Å². The smallest absolute Gasteiger partial charge is 0.414 e. The summed E-state index contributed by atoms with van der Waals surface area (Å²) in [7, 11) is 1.64. The quantitative estimate of drug-likeness (QED) is 0.423. The molecule has 0 N–H and O–H groups in total. The minimum atomic E-state index is -0.371. The topological polar surface area (TPSA) is 59.1 Å². The summed E-state index contributed by atoms with van der Waals surface area (Å²) in [5, 5.41) is 0. The van der Waals surface area contributed by atoms with Crippen LogP contribution in [-0.2, 0) is 4.74 Å². The normalized spacial score (nSPS) is 15.1. The summed E-state index contributed by atoms with van der Waals surface area (Å²) in [4.78, 5) is 31.8. The van der Waals surface area contributed by atoms with Crippen LogP contribution in [0.5, 0.6) is 5.75 Å². The summed E-state index contributed by atoms with van der Waals surface area (Å²) in [6.45, 7) is 8.58. The van der Waals surface area contributed by atoms with Crippen LogP contribution in [0.1, 0.15) is 41.1 Å². The number of hydrogen-bond acceptors (Lipinski definition) is 5. The van der Waals surface area contributed by atoms with Gasteiger partial charge in [-0.1, -0.05) is 6.92 Å². The first kappa shape index (κ1) is 23.8. The molecule has 7 heteroatoms. The fraction of sp³-hybridized carbons (Fsp3) is 0.333. The number of fused-ring (bicyclic) bond motifs is 1. The highest BCUT2D eigenvalue weighted by atomic mass is 32.1. The van der Waals surface area contributed by atoms with Crippen molar-refractivity contribution in [3.05, 3.63) is 64.5 Å². The Balaban J connectivity index is 1.71. The highest BCUT2D eigenvalue weighted by molar-refractivity contribution is 7.17. The maximum Gasteiger partial charge on any atom is 0.414 e. The Bertz CT molecular complexity index is 1200. The van der Waals surface area contributed by atoms with E-state index >= 15 is 0 Å². The van der Waals surface area contributed by atoms with E-state index in [4.69, 9.17) is 9.47 Å². The first-order valence-corrected chi connectivity index (χ1v) is 12.3. The molecule has 3 aromatic rings. The molecule has 0 fully saturated rings. The number of benzene rings is 2. The first-order valence-electron chi connectivity index (χ1n) is 11.5. The number of ether oxygens (including phenoxy) is 2. The molecule has 0 aliphatic carbocycles. The number of aryl methyl sites for hydroxylation is 2. The van der Waals surface area contributed by atoms with Gasteiger partial charge in [0.2, 0.25) is 0 Å². The van der Waals surface area contributed by atoms with Crippen LogP contribution in [0.3, 0.4) is 0 Å². The predicted molar refractivity (Wildman–Crippen MR) is 137 cm³/mol. The highest BCUT2D eigenvalue weighted by Gasteiger charge is 2.38. The molecule has 34 heavy (non-hydrogen) atoms. The number of carbonyl (C=O) groups excluding carboxylic acids is 2. The molecule has 2 aromatic carbocycles. The van der Waals surface area contributed by atoms with Gasteiger partial charge in [-0.2, -0.15) is 0 Å². The molecular formula is C27H30N2O4S. The van der Waals surface area contributed by atoms with Crippen LogP contribution in [0, 0.1) is 13.8 Å². The van der Waals surface area contributed by atoms with Gasteiger partial charge in [0.25, 0.3) is 5.91 Å². The number of carbonyl (C=O) groups is 2. The largest absolute Gasteiger partial charge is 0.497 e. The Morgan fingerprint density at radius 3 is 2.29 bits per heavy atom. The molecule has 1 aromatic heterocycles. The minimum Gasteiger partial charge on any atom is -0.497 e. The van der Waals surface area contributed by atoms with Crippen molar-refractivity contribution >= 4 is 34.7 Å². The zero-order valence-corrected chi connectivity index (χ0v) is 21.1. The molecule has 0 saturated heterocycles. The summed E-state index contributed by atoms with van der Waals surface area (Å²) in [5.74, 6) is 0.736. The number of nitrogens with zero attached hydrogens (tertiary/aromatic N) is 2. The molecule has 1 aliphatic heterocycles. The zero-order chi connectivity index (χ0) is 24.4. The number of thiophene rings is 1. The molecule has 1 aliphatic rings. The lowest BCUT2D eigenvalue weighted by Gasteiger charge is -2.41. The van der Waals surface area contributed by atoms with Gasteiger partial charge in [-0.05, 0) is 92.4 Å². The van der Waals surface area contributed by atoms with E-state index in [2.05, 4.69) is 0 Å². The third kappa shape index (κ3) is 4.40. The second-order valence-corrected chi connectivity index (χ2v) is 9.45. The Labute approximate surface area is 204 Å².